The molecule has 0 unspecified atom stereocenters. The Labute approximate surface area is 128 Å². The van der Waals surface area contributed by atoms with Crippen molar-refractivity contribution in [3.05, 3.63) is 59.8 Å². The van der Waals surface area contributed by atoms with Crippen molar-refractivity contribution in [1.29, 1.82) is 0 Å². The second-order valence-corrected chi connectivity index (χ2v) is 5.17. The zero-order valence-electron chi connectivity index (χ0n) is 12.4. The summed E-state index contributed by atoms with van der Waals surface area (Å²) in [7, 11) is 1.88. The SMILES string of the molecule is Cc1nn(C)c(-c2cccc3ccccc23)c1C=CC(=O)O. The molecule has 1 heterocycles. The molecule has 0 aliphatic rings. The molecule has 0 saturated carbocycles. The maximum Gasteiger partial charge on any atom is 0.328 e. The Morgan fingerprint density at radius 3 is 2.68 bits per heavy atom. The van der Waals surface area contributed by atoms with E-state index in [0.29, 0.717) is 0 Å². The van der Waals surface area contributed by atoms with Gasteiger partial charge in [0.15, 0.2) is 0 Å². The lowest BCUT2D eigenvalue weighted by molar-refractivity contribution is -0.131. The van der Waals surface area contributed by atoms with Crippen LogP contribution >= 0.6 is 0 Å². The molecule has 1 aromatic heterocycles. The molecule has 2 aromatic carbocycles. The van der Waals surface area contributed by atoms with E-state index in [1.54, 1.807) is 10.8 Å². The van der Waals surface area contributed by atoms with E-state index >= 15 is 0 Å². The molecule has 0 spiro atoms. The lowest BCUT2D eigenvalue weighted by Gasteiger charge is -2.08. The number of aromatic nitrogens is 2. The smallest absolute Gasteiger partial charge is 0.328 e. The number of carboxylic acid groups (broad SMARTS) is 1. The topological polar surface area (TPSA) is 55.1 Å². The van der Waals surface area contributed by atoms with Crippen molar-refractivity contribution in [2.24, 2.45) is 7.05 Å². The van der Waals surface area contributed by atoms with Crippen molar-refractivity contribution in [2.45, 2.75) is 6.92 Å². The number of aryl methyl sites for hydroxylation is 2. The molecule has 4 nitrogen and oxygen atoms in total. The number of nitrogens with zero attached hydrogens (tertiary/aromatic N) is 2. The van der Waals surface area contributed by atoms with Crippen molar-refractivity contribution in [3.63, 3.8) is 0 Å². The van der Waals surface area contributed by atoms with Crippen molar-refractivity contribution in [1.82, 2.24) is 9.78 Å². The lowest BCUT2D eigenvalue weighted by atomic mass is 9.99. The molecule has 3 rings (SSSR count). The van der Waals surface area contributed by atoms with Crippen LogP contribution in [0.25, 0.3) is 28.1 Å². The van der Waals surface area contributed by atoms with Crippen molar-refractivity contribution in [3.8, 4) is 11.3 Å². The van der Waals surface area contributed by atoms with E-state index < -0.39 is 5.97 Å². The van der Waals surface area contributed by atoms with E-state index in [0.717, 1.165) is 39.4 Å². The molecule has 0 saturated heterocycles. The monoisotopic (exact) mass is 292 g/mol. The normalized spacial score (nSPS) is 11.4. The third-order valence-electron chi connectivity index (χ3n) is 3.71. The van der Waals surface area contributed by atoms with Crippen LogP contribution in [0.1, 0.15) is 11.3 Å². The fraction of sp³-hybridized carbons (Fsp3) is 0.111. The quantitative estimate of drug-likeness (QED) is 0.750. The Hall–Kier alpha value is -2.88. The first-order valence-corrected chi connectivity index (χ1v) is 7.00. The molecule has 0 aliphatic heterocycles. The Balaban J connectivity index is 2.29. The number of hydrogen-bond donors (Lipinski definition) is 1. The summed E-state index contributed by atoms with van der Waals surface area (Å²) in [6.07, 6.45) is 2.76. The minimum Gasteiger partial charge on any atom is -0.478 e. The van der Waals surface area contributed by atoms with E-state index in [9.17, 15) is 4.79 Å². The molecule has 0 bridgehead atoms. The molecule has 1 N–H and O–H groups in total. The van der Waals surface area contributed by atoms with Crippen LogP contribution in [0, 0.1) is 6.92 Å². The summed E-state index contributed by atoms with van der Waals surface area (Å²) in [5.74, 6) is -0.966. The van der Waals surface area contributed by atoms with Crippen LogP contribution in [-0.2, 0) is 11.8 Å². The number of aliphatic carboxylic acids is 1. The lowest BCUT2D eigenvalue weighted by Crippen LogP contribution is -1.95. The van der Waals surface area contributed by atoms with Crippen molar-refractivity contribution < 1.29 is 9.90 Å². The van der Waals surface area contributed by atoms with Gasteiger partial charge in [-0.25, -0.2) is 4.79 Å². The first-order chi connectivity index (χ1) is 10.6. The molecular weight excluding hydrogens is 276 g/mol. The molecule has 22 heavy (non-hydrogen) atoms. The molecule has 0 aliphatic carbocycles. The number of fused-ring (bicyclic) bond motifs is 1. The number of carbonyl (C=O) groups is 1. The minimum atomic E-state index is -0.966. The van der Waals surface area contributed by atoms with Crippen LogP contribution in [0.15, 0.2) is 48.5 Å². The second-order valence-electron chi connectivity index (χ2n) is 5.17. The average molecular weight is 292 g/mol. The van der Waals surface area contributed by atoms with Crippen LogP contribution in [0.5, 0.6) is 0 Å². The maximum absolute atomic E-state index is 10.8. The Kier molecular flexibility index (Phi) is 3.51. The van der Waals surface area contributed by atoms with Gasteiger partial charge < -0.3 is 5.11 Å². The summed E-state index contributed by atoms with van der Waals surface area (Å²) in [6.45, 7) is 1.89. The van der Waals surface area contributed by atoms with Gasteiger partial charge in [0.25, 0.3) is 0 Å². The van der Waals surface area contributed by atoms with Gasteiger partial charge in [-0.3, -0.25) is 4.68 Å². The summed E-state index contributed by atoms with van der Waals surface area (Å²) in [6, 6.07) is 14.2. The predicted octanol–water partition coefficient (Wildman–Crippen LogP) is 3.65. The van der Waals surface area contributed by atoms with Gasteiger partial charge in [-0.05, 0) is 23.8 Å². The van der Waals surface area contributed by atoms with E-state index in [4.69, 9.17) is 5.11 Å². The second kappa shape index (κ2) is 5.48. The molecule has 0 fully saturated rings. The van der Waals surface area contributed by atoms with Gasteiger partial charge in [0.1, 0.15) is 0 Å². The summed E-state index contributed by atoms with van der Waals surface area (Å²) < 4.78 is 1.80. The third-order valence-corrected chi connectivity index (χ3v) is 3.71. The number of benzene rings is 2. The molecule has 3 aromatic rings. The molecule has 0 radical (unpaired) electrons. The highest BCUT2D eigenvalue weighted by Crippen LogP contribution is 2.32. The summed E-state index contributed by atoms with van der Waals surface area (Å²) in [5, 5.41) is 15.6. The van der Waals surface area contributed by atoms with Gasteiger partial charge >= 0.3 is 5.97 Å². The summed E-state index contributed by atoms with van der Waals surface area (Å²) in [5.41, 5.74) is 3.61. The minimum absolute atomic E-state index is 0.808. The number of carboxylic acids is 1. The Bertz CT molecular complexity index is 886. The van der Waals surface area contributed by atoms with Crippen LogP contribution < -0.4 is 0 Å². The molecule has 0 amide bonds. The first-order valence-electron chi connectivity index (χ1n) is 7.00. The van der Waals surface area contributed by atoms with Crippen molar-refractivity contribution >= 4 is 22.8 Å². The zero-order valence-corrected chi connectivity index (χ0v) is 12.4. The number of rotatable bonds is 3. The average Bonchev–Trinajstić information content (AvgIpc) is 2.78. The maximum atomic E-state index is 10.8. The molecule has 110 valence electrons. The van der Waals surface area contributed by atoms with Gasteiger partial charge in [0, 0.05) is 24.3 Å². The van der Waals surface area contributed by atoms with Crippen LogP contribution in [-0.4, -0.2) is 20.9 Å². The fourth-order valence-corrected chi connectivity index (χ4v) is 2.78. The van der Waals surface area contributed by atoms with Crippen LogP contribution in [0.4, 0.5) is 0 Å². The van der Waals surface area contributed by atoms with Gasteiger partial charge in [0.2, 0.25) is 0 Å². The number of hydrogen-bond acceptors (Lipinski definition) is 2. The largest absolute Gasteiger partial charge is 0.478 e. The molecule has 0 atom stereocenters. The van der Waals surface area contributed by atoms with Gasteiger partial charge in [-0.2, -0.15) is 5.10 Å². The Morgan fingerprint density at radius 1 is 1.18 bits per heavy atom. The van der Waals surface area contributed by atoms with E-state index in [-0.39, 0.29) is 0 Å². The van der Waals surface area contributed by atoms with Gasteiger partial charge in [-0.1, -0.05) is 42.5 Å². The Morgan fingerprint density at radius 2 is 1.91 bits per heavy atom. The van der Waals surface area contributed by atoms with Gasteiger partial charge in [0.05, 0.1) is 11.4 Å². The molecular formula is C18H16N2O2. The predicted molar refractivity (Wildman–Crippen MR) is 87.6 cm³/mol. The highest BCUT2D eigenvalue weighted by Gasteiger charge is 2.15. The summed E-state index contributed by atoms with van der Waals surface area (Å²) >= 11 is 0. The highest BCUT2D eigenvalue weighted by atomic mass is 16.4. The molecule has 4 heteroatoms. The highest BCUT2D eigenvalue weighted by molar-refractivity contribution is 5.98. The van der Waals surface area contributed by atoms with Crippen LogP contribution in [0.3, 0.4) is 0 Å². The van der Waals surface area contributed by atoms with E-state index in [1.165, 1.54) is 0 Å². The van der Waals surface area contributed by atoms with E-state index in [1.807, 2.05) is 38.2 Å². The van der Waals surface area contributed by atoms with E-state index in [2.05, 4.69) is 23.3 Å². The van der Waals surface area contributed by atoms with Crippen molar-refractivity contribution in [2.75, 3.05) is 0 Å². The third kappa shape index (κ3) is 2.39. The zero-order chi connectivity index (χ0) is 15.7. The standard InChI is InChI=1S/C18H16N2O2/c1-12-14(10-11-17(21)22)18(20(2)19-12)16-9-5-7-13-6-3-4-8-15(13)16/h3-11H,1-2H3,(H,21,22). The first kappa shape index (κ1) is 14.1. The fourth-order valence-electron chi connectivity index (χ4n) is 2.78. The summed E-state index contributed by atoms with van der Waals surface area (Å²) in [4.78, 5) is 10.8. The van der Waals surface area contributed by atoms with Crippen LogP contribution in [0.2, 0.25) is 0 Å². The van der Waals surface area contributed by atoms with Gasteiger partial charge in [-0.15, -0.1) is 0 Å².